The van der Waals surface area contributed by atoms with Gasteiger partial charge in [-0.25, -0.2) is 8.42 Å². The van der Waals surface area contributed by atoms with E-state index in [0.29, 0.717) is 45.7 Å². The normalized spacial score (nSPS) is 22.2. The summed E-state index contributed by atoms with van der Waals surface area (Å²) in [5, 5.41) is 10.7. The van der Waals surface area contributed by atoms with Crippen LogP contribution in [0.15, 0.2) is 29.2 Å². The van der Waals surface area contributed by atoms with Gasteiger partial charge in [0.25, 0.3) is 5.69 Å². The van der Waals surface area contributed by atoms with E-state index in [1.165, 1.54) is 28.6 Å². The molecule has 0 saturated carbocycles. The lowest BCUT2D eigenvalue weighted by Crippen LogP contribution is -2.49. The van der Waals surface area contributed by atoms with Gasteiger partial charge in [0.05, 0.1) is 29.0 Å². The number of non-ortho nitro benzene ring substituents is 1. The van der Waals surface area contributed by atoms with Crippen LogP contribution >= 0.6 is 0 Å². The molecule has 2 heterocycles. The van der Waals surface area contributed by atoms with Gasteiger partial charge in [0.15, 0.2) is 0 Å². The molecule has 2 aliphatic rings. The second-order valence-electron chi connectivity index (χ2n) is 6.39. The molecule has 26 heavy (non-hydrogen) atoms. The maximum Gasteiger partial charge on any atom is 0.269 e. The number of hydrogen-bond donors (Lipinski definition) is 0. The first-order valence-electron chi connectivity index (χ1n) is 8.51. The van der Waals surface area contributed by atoms with Crippen LogP contribution in [-0.4, -0.2) is 67.8 Å². The predicted octanol–water partition coefficient (Wildman–Crippen LogP) is 0.854. The molecule has 0 bridgehead atoms. The van der Waals surface area contributed by atoms with Crippen molar-refractivity contribution in [3.63, 3.8) is 0 Å². The van der Waals surface area contributed by atoms with Crippen molar-refractivity contribution >= 4 is 21.6 Å². The molecule has 1 atom stereocenters. The molecular formula is C16H21N3O6S. The predicted molar refractivity (Wildman–Crippen MR) is 92.0 cm³/mol. The molecule has 9 nitrogen and oxygen atoms in total. The molecule has 10 heteroatoms. The molecule has 2 fully saturated rings. The van der Waals surface area contributed by atoms with Crippen molar-refractivity contribution in [3.05, 3.63) is 34.4 Å². The van der Waals surface area contributed by atoms with Gasteiger partial charge in [-0.3, -0.25) is 14.9 Å². The molecule has 1 unspecified atom stereocenters. The van der Waals surface area contributed by atoms with Crippen LogP contribution in [0.5, 0.6) is 0 Å². The summed E-state index contributed by atoms with van der Waals surface area (Å²) >= 11 is 0. The number of morpholine rings is 1. The Bertz CT molecular complexity index is 774. The van der Waals surface area contributed by atoms with Gasteiger partial charge in [0.2, 0.25) is 15.9 Å². The van der Waals surface area contributed by atoms with E-state index in [-0.39, 0.29) is 29.0 Å². The third kappa shape index (κ3) is 3.87. The van der Waals surface area contributed by atoms with Crippen molar-refractivity contribution in [2.45, 2.75) is 17.7 Å². The van der Waals surface area contributed by atoms with Gasteiger partial charge in [-0.15, -0.1) is 0 Å². The Hall–Kier alpha value is -2.04. The first kappa shape index (κ1) is 18.7. The second kappa shape index (κ2) is 7.68. The average Bonchev–Trinajstić information content (AvgIpc) is 2.68. The molecule has 2 aliphatic heterocycles. The first-order chi connectivity index (χ1) is 12.4. The summed E-state index contributed by atoms with van der Waals surface area (Å²) in [6.07, 6.45) is 1.26. The van der Waals surface area contributed by atoms with E-state index in [4.69, 9.17) is 4.74 Å². The summed E-state index contributed by atoms with van der Waals surface area (Å²) in [5.74, 6) is -0.397. The molecule has 3 rings (SSSR count). The summed E-state index contributed by atoms with van der Waals surface area (Å²) in [6.45, 7) is 2.54. The van der Waals surface area contributed by atoms with Gasteiger partial charge in [-0.2, -0.15) is 4.31 Å². The number of piperidine rings is 1. The van der Waals surface area contributed by atoms with Gasteiger partial charge in [-0.05, 0) is 25.0 Å². The number of carbonyl (C=O) groups excluding carboxylic acids is 1. The summed E-state index contributed by atoms with van der Waals surface area (Å²) < 4.78 is 32.2. The number of ether oxygens (including phenoxy) is 1. The smallest absolute Gasteiger partial charge is 0.269 e. The minimum Gasteiger partial charge on any atom is -0.378 e. The van der Waals surface area contributed by atoms with Gasteiger partial charge < -0.3 is 9.64 Å². The van der Waals surface area contributed by atoms with E-state index >= 15 is 0 Å². The molecular weight excluding hydrogens is 362 g/mol. The lowest BCUT2D eigenvalue weighted by molar-refractivity contribution is -0.384. The van der Waals surface area contributed by atoms with Crippen LogP contribution in [0, 0.1) is 16.0 Å². The number of benzene rings is 1. The van der Waals surface area contributed by atoms with Crippen molar-refractivity contribution < 1.29 is 22.9 Å². The van der Waals surface area contributed by atoms with Gasteiger partial charge >= 0.3 is 0 Å². The highest BCUT2D eigenvalue weighted by Crippen LogP contribution is 2.26. The summed E-state index contributed by atoms with van der Waals surface area (Å²) in [5.41, 5.74) is -0.164. The molecule has 1 aromatic carbocycles. The van der Waals surface area contributed by atoms with Crippen LogP contribution < -0.4 is 0 Å². The van der Waals surface area contributed by atoms with Crippen molar-refractivity contribution in [1.29, 1.82) is 0 Å². The van der Waals surface area contributed by atoms with E-state index < -0.39 is 14.9 Å². The van der Waals surface area contributed by atoms with Crippen LogP contribution in [-0.2, 0) is 19.6 Å². The molecule has 142 valence electrons. The summed E-state index contributed by atoms with van der Waals surface area (Å²) in [4.78, 5) is 24.5. The molecule has 0 spiro atoms. The van der Waals surface area contributed by atoms with Crippen LogP contribution in [0.1, 0.15) is 12.8 Å². The summed E-state index contributed by atoms with van der Waals surface area (Å²) in [6, 6.07) is 4.82. The number of nitro groups is 1. The van der Waals surface area contributed by atoms with Crippen molar-refractivity contribution in [1.82, 2.24) is 9.21 Å². The highest BCUT2D eigenvalue weighted by atomic mass is 32.2. The van der Waals surface area contributed by atoms with Crippen LogP contribution in [0.25, 0.3) is 0 Å². The Morgan fingerprint density at radius 1 is 1.15 bits per heavy atom. The fraction of sp³-hybridized carbons (Fsp3) is 0.562. The standard InChI is InChI=1S/C16H21N3O6S/c20-16(17-8-10-25-11-9-17)13-2-1-7-18(12-13)26(23,24)15-5-3-14(4-6-15)19(21)22/h3-6,13H,1-2,7-12H2. The third-order valence-electron chi connectivity index (χ3n) is 4.74. The number of hydrogen-bond acceptors (Lipinski definition) is 6. The quantitative estimate of drug-likeness (QED) is 0.563. The molecule has 1 aromatic rings. The Morgan fingerprint density at radius 3 is 2.42 bits per heavy atom. The van der Waals surface area contributed by atoms with Crippen molar-refractivity contribution in [2.75, 3.05) is 39.4 Å². The first-order valence-corrected chi connectivity index (χ1v) is 9.95. The minimum absolute atomic E-state index is 0.00238. The molecule has 0 aliphatic carbocycles. The monoisotopic (exact) mass is 383 g/mol. The molecule has 0 aromatic heterocycles. The average molecular weight is 383 g/mol. The van der Waals surface area contributed by atoms with E-state index in [9.17, 15) is 23.3 Å². The molecule has 0 radical (unpaired) electrons. The maximum absolute atomic E-state index is 12.8. The van der Waals surface area contributed by atoms with E-state index in [2.05, 4.69) is 0 Å². The number of nitrogens with zero attached hydrogens (tertiary/aromatic N) is 3. The fourth-order valence-corrected chi connectivity index (χ4v) is 4.82. The molecule has 1 amide bonds. The molecule has 2 saturated heterocycles. The zero-order valence-electron chi connectivity index (χ0n) is 14.2. The fourth-order valence-electron chi connectivity index (χ4n) is 3.29. The van der Waals surface area contributed by atoms with Crippen molar-refractivity contribution in [3.8, 4) is 0 Å². The second-order valence-corrected chi connectivity index (χ2v) is 8.33. The number of sulfonamides is 1. The Balaban J connectivity index is 1.73. The van der Waals surface area contributed by atoms with Gasteiger partial charge in [0, 0.05) is 38.3 Å². The van der Waals surface area contributed by atoms with Gasteiger partial charge in [-0.1, -0.05) is 0 Å². The Morgan fingerprint density at radius 2 is 1.81 bits per heavy atom. The molecule has 0 N–H and O–H groups in total. The maximum atomic E-state index is 12.8. The number of amides is 1. The van der Waals surface area contributed by atoms with Crippen molar-refractivity contribution in [2.24, 2.45) is 5.92 Å². The zero-order chi connectivity index (χ0) is 18.7. The topological polar surface area (TPSA) is 110 Å². The Kier molecular flexibility index (Phi) is 5.54. The lowest BCUT2D eigenvalue weighted by atomic mass is 9.98. The largest absolute Gasteiger partial charge is 0.378 e. The third-order valence-corrected chi connectivity index (χ3v) is 6.62. The SMILES string of the molecule is O=C(C1CCCN(S(=O)(=O)c2ccc([N+](=O)[O-])cc2)C1)N1CCOCC1. The Labute approximate surface area is 151 Å². The summed E-state index contributed by atoms with van der Waals surface area (Å²) in [7, 11) is -3.79. The van der Waals surface area contributed by atoms with Crippen LogP contribution in [0.4, 0.5) is 5.69 Å². The highest BCUT2D eigenvalue weighted by Gasteiger charge is 2.35. The minimum atomic E-state index is -3.79. The van der Waals surface area contributed by atoms with E-state index in [1.807, 2.05) is 0 Å². The van der Waals surface area contributed by atoms with E-state index in [0.717, 1.165) is 0 Å². The van der Waals surface area contributed by atoms with E-state index in [1.54, 1.807) is 4.90 Å². The lowest BCUT2D eigenvalue weighted by Gasteiger charge is -2.35. The number of carbonyl (C=O) groups is 1. The van der Waals surface area contributed by atoms with Crippen LogP contribution in [0.2, 0.25) is 0 Å². The van der Waals surface area contributed by atoms with Crippen LogP contribution in [0.3, 0.4) is 0 Å². The number of rotatable bonds is 4. The highest BCUT2D eigenvalue weighted by molar-refractivity contribution is 7.89. The number of nitro benzene ring substituents is 1. The van der Waals surface area contributed by atoms with Gasteiger partial charge in [0.1, 0.15) is 0 Å². The zero-order valence-corrected chi connectivity index (χ0v) is 15.1.